The molecule has 1 aliphatic heterocycles. The molecule has 0 radical (unpaired) electrons. The van der Waals surface area contributed by atoms with Crippen LogP contribution in [-0.4, -0.2) is 41.6 Å². The fourth-order valence-electron chi connectivity index (χ4n) is 1.75. The van der Waals surface area contributed by atoms with Gasteiger partial charge in [0.15, 0.2) is 0 Å². The first-order valence-corrected chi connectivity index (χ1v) is 6.92. The highest BCUT2D eigenvalue weighted by atomic mass is 16.6. The number of nitrogens with zero attached hydrogens (tertiary/aromatic N) is 2. The quantitative estimate of drug-likeness (QED) is 0.782. The third-order valence-corrected chi connectivity index (χ3v) is 3.06. The number of nitriles is 1. The number of nitrogens with one attached hydrogen (secondary N) is 1. The van der Waals surface area contributed by atoms with Crippen molar-refractivity contribution >= 4 is 12.5 Å². The van der Waals surface area contributed by atoms with Crippen LogP contribution in [-0.2, 0) is 9.53 Å². The Morgan fingerprint density at radius 3 is 2.20 bits per heavy atom. The van der Waals surface area contributed by atoms with Crippen LogP contribution in [0.25, 0.3) is 0 Å². The predicted molar refractivity (Wildman–Crippen MR) is 73.8 cm³/mol. The van der Waals surface area contributed by atoms with Gasteiger partial charge >= 0.3 is 6.09 Å². The van der Waals surface area contributed by atoms with Crippen molar-refractivity contribution in [3.05, 3.63) is 0 Å². The van der Waals surface area contributed by atoms with Crippen molar-refractivity contribution in [3.8, 4) is 6.07 Å². The van der Waals surface area contributed by atoms with E-state index in [1.54, 1.807) is 4.90 Å². The molecule has 2 fully saturated rings. The smallest absolute Gasteiger partial charge is 0.410 e. The van der Waals surface area contributed by atoms with E-state index in [4.69, 9.17) is 10.00 Å². The van der Waals surface area contributed by atoms with Crippen molar-refractivity contribution in [1.82, 2.24) is 10.2 Å². The van der Waals surface area contributed by atoms with E-state index in [1.165, 1.54) is 0 Å². The van der Waals surface area contributed by atoms with Crippen LogP contribution in [0.5, 0.6) is 0 Å². The van der Waals surface area contributed by atoms with Crippen LogP contribution in [0.15, 0.2) is 0 Å². The third-order valence-electron chi connectivity index (χ3n) is 3.06. The molecule has 0 aromatic heterocycles. The Morgan fingerprint density at radius 2 is 1.90 bits per heavy atom. The molecular formula is C14H23N3O3. The van der Waals surface area contributed by atoms with Crippen molar-refractivity contribution in [2.24, 2.45) is 0 Å². The topological polar surface area (TPSA) is 82.4 Å². The fraction of sp³-hybridized carbons (Fsp3) is 0.786. The second-order valence-corrected chi connectivity index (χ2v) is 6.13. The molecule has 1 saturated heterocycles. The Bertz CT molecular complexity index is 385. The monoisotopic (exact) mass is 281 g/mol. The first-order chi connectivity index (χ1) is 9.32. The van der Waals surface area contributed by atoms with Crippen LogP contribution in [0.1, 0.15) is 46.5 Å². The van der Waals surface area contributed by atoms with Gasteiger partial charge in [-0.1, -0.05) is 0 Å². The Hall–Kier alpha value is -1.77. The number of carbonyl (C=O) groups excluding carboxylic acids is 2. The summed E-state index contributed by atoms with van der Waals surface area (Å²) in [6, 6.07) is 2.01. The van der Waals surface area contributed by atoms with Crippen molar-refractivity contribution in [3.63, 3.8) is 0 Å². The predicted octanol–water partition coefficient (Wildman–Crippen LogP) is 1.81. The van der Waals surface area contributed by atoms with E-state index in [0.29, 0.717) is 6.41 Å². The Balaban J connectivity index is 0.000000217. The molecule has 1 N–H and O–H groups in total. The van der Waals surface area contributed by atoms with Crippen LogP contribution in [0.2, 0.25) is 0 Å². The Labute approximate surface area is 120 Å². The second-order valence-electron chi connectivity index (χ2n) is 6.13. The number of carbonyl (C=O) groups is 2. The lowest BCUT2D eigenvalue weighted by Crippen LogP contribution is -2.34. The van der Waals surface area contributed by atoms with E-state index < -0.39 is 5.54 Å². The van der Waals surface area contributed by atoms with Gasteiger partial charge in [0.1, 0.15) is 11.1 Å². The van der Waals surface area contributed by atoms with E-state index in [-0.39, 0.29) is 11.7 Å². The first kappa shape index (κ1) is 16.3. The summed E-state index contributed by atoms with van der Waals surface area (Å²) in [7, 11) is 0. The lowest BCUT2D eigenvalue weighted by molar-refractivity contribution is -0.110. The molecule has 0 bridgehead atoms. The van der Waals surface area contributed by atoms with E-state index >= 15 is 0 Å². The number of hydrogen-bond donors (Lipinski definition) is 1. The highest BCUT2D eigenvalue weighted by Crippen LogP contribution is 2.33. The maximum atomic E-state index is 11.4. The summed E-state index contributed by atoms with van der Waals surface area (Å²) in [5.41, 5.74) is -0.832. The second kappa shape index (κ2) is 6.60. The number of rotatable bonds is 2. The molecule has 0 unspecified atom stereocenters. The van der Waals surface area contributed by atoms with Crippen LogP contribution >= 0.6 is 0 Å². The highest BCUT2D eigenvalue weighted by Gasteiger charge is 2.42. The molecule has 6 nitrogen and oxygen atoms in total. The Kier molecular flexibility index (Phi) is 5.37. The summed E-state index contributed by atoms with van der Waals surface area (Å²) in [5.74, 6) is 0. The van der Waals surface area contributed by atoms with Gasteiger partial charge < -0.3 is 15.0 Å². The normalized spacial score (nSPS) is 19.2. The van der Waals surface area contributed by atoms with Gasteiger partial charge in [-0.25, -0.2) is 4.79 Å². The standard InChI is InChI=1S/C9H17NO2.C5H6N2O/c1-9(2,3)12-8(11)10-6-4-5-7-10;6-3-5(1-2-5)7-4-8/h4-7H2,1-3H3;4H,1-2H2,(H,7,8). The average molecular weight is 281 g/mol. The van der Waals surface area contributed by atoms with Crippen molar-refractivity contribution < 1.29 is 14.3 Å². The molecule has 0 spiro atoms. The summed E-state index contributed by atoms with van der Waals surface area (Å²) in [6.45, 7) is 7.38. The van der Waals surface area contributed by atoms with Gasteiger partial charge in [0.05, 0.1) is 6.07 Å². The molecule has 2 aliphatic rings. The SMILES string of the molecule is CC(C)(C)OC(=O)N1CCCC1.N#CC1(NC=O)CC1. The van der Waals surface area contributed by atoms with Gasteiger partial charge in [-0.15, -0.1) is 0 Å². The number of ether oxygens (including phenoxy) is 1. The van der Waals surface area contributed by atoms with Crippen molar-refractivity contribution in [2.45, 2.75) is 57.6 Å². The molecule has 20 heavy (non-hydrogen) atoms. The number of likely N-dealkylation sites (tertiary alicyclic amines) is 1. The van der Waals surface area contributed by atoms with Crippen LogP contribution < -0.4 is 5.32 Å². The molecule has 1 aliphatic carbocycles. The third kappa shape index (κ3) is 5.47. The Morgan fingerprint density at radius 1 is 1.35 bits per heavy atom. The molecule has 112 valence electrons. The molecule has 2 amide bonds. The van der Waals surface area contributed by atoms with Crippen LogP contribution in [0.3, 0.4) is 0 Å². The minimum atomic E-state index is -0.470. The van der Waals surface area contributed by atoms with E-state index in [2.05, 4.69) is 5.32 Å². The van der Waals surface area contributed by atoms with Gasteiger partial charge in [-0.2, -0.15) is 5.26 Å². The summed E-state index contributed by atoms with van der Waals surface area (Å²) in [6.07, 6.45) is 4.25. The molecule has 0 atom stereocenters. The minimum absolute atomic E-state index is 0.167. The molecule has 0 aromatic rings. The summed E-state index contributed by atoms with van der Waals surface area (Å²) in [4.78, 5) is 22.9. The molecular weight excluding hydrogens is 258 g/mol. The van der Waals surface area contributed by atoms with Gasteiger partial charge in [0, 0.05) is 13.1 Å². The van der Waals surface area contributed by atoms with Crippen LogP contribution in [0, 0.1) is 11.3 Å². The zero-order chi connectivity index (χ0) is 15.2. The number of hydrogen-bond acceptors (Lipinski definition) is 4. The van der Waals surface area contributed by atoms with Crippen molar-refractivity contribution in [2.75, 3.05) is 13.1 Å². The lowest BCUT2D eigenvalue weighted by Gasteiger charge is -2.23. The maximum Gasteiger partial charge on any atom is 0.410 e. The minimum Gasteiger partial charge on any atom is -0.444 e. The van der Waals surface area contributed by atoms with Gasteiger partial charge in [-0.3, -0.25) is 4.79 Å². The van der Waals surface area contributed by atoms with E-state index in [1.807, 2.05) is 26.8 Å². The number of amides is 2. The zero-order valence-corrected chi connectivity index (χ0v) is 12.4. The lowest BCUT2D eigenvalue weighted by atomic mass is 10.2. The zero-order valence-electron chi connectivity index (χ0n) is 12.4. The van der Waals surface area contributed by atoms with Gasteiger partial charge in [0.25, 0.3) is 0 Å². The van der Waals surface area contributed by atoms with Crippen LogP contribution in [0.4, 0.5) is 4.79 Å². The van der Waals surface area contributed by atoms with Gasteiger partial charge in [-0.05, 0) is 46.5 Å². The van der Waals surface area contributed by atoms with Gasteiger partial charge in [0.2, 0.25) is 6.41 Å². The highest BCUT2D eigenvalue weighted by molar-refractivity contribution is 5.68. The summed E-state index contributed by atoms with van der Waals surface area (Å²) < 4.78 is 5.21. The molecule has 2 rings (SSSR count). The average Bonchev–Trinajstić information content (AvgIpc) is 2.91. The molecule has 1 heterocycles. The summed E-state index contributed by atoms with van der Waals surface area (Å²) >= 11 is 0. The molecule has 6 heteroatoms. The fourth-order valence-corrected chi connectivity index (χ4v) is 1.75. The largest absolute Gasteiger partial charge is 0.444 e. The molecule has 1 saturated carbocycles. The van der Waals surface area contributed by atoms with Crippen molar-refractivity contribution in [1.29, 1.82) is 5.26 Å². The summed E-state index contributed by atoms with van der Waals surface area (Å²) in [5, 5.41) is 10.8. The first-order valence-electron chi connectivity index (χ1n) is 6.92. The molecule has 0 aromatic carbocycles. The maximum absolute atomic E-state index is 11.4. The van der Waals surface area contributed by atoms with E-state index in [9.17, 15) is 9.59 Å². The van der Waals surface area contributed by atoms with E-state index in [0.717, 1.165) is 38.8 Å².